The Hall–Kier alpha value is -3.47. The molecule has 200 valence electrons. The summed E-state index contributed by atoms with van der Waals surface area (Å²) in [6.45, 7) is 0.847. The molecular formula is C26H20Cl2F3NO6. The average Bonchev–Trinajstić information content (AvgIpc) is 2.84. The second kappa shape index (κ2) is 10.0. The fourth-order valence-corrected chi connectivity index (χ4v) is 4.78. The number of rotatable bonds is 6. The monoisotopic (exact) mass is 569 g/mol. The molecule has 0 fully saturated rings. The first-order valence-electron chi connectivity index (χ1n) is 11.1. The number of hydrogen-bond donors (Lipinski definition) is 2. The van der Waals surface area contributed by atoms with Crippen LogP contribution in [0, 0.1) is 0 Å². The van der Waals surface area contributed by atoms with E-state index in [-0.39, 0.29) is 56.6 Å². The predicted octanol–water partition coefficient (Wildman–Crippen LogP) is 6.39. The molecule has 0 aliphatic carbocycles. The Bertz CT molecular complexity index is 1430. The highest BCUT2D eigenvalue weighted by Gasteiger charge is 2.59. The number of aromatic carboxylic acids is 1. The first kappa shape index (κ1) is 27.6. The molecule has 0 radical (unpaired) electrons. The van der Waals surface area contributed by atoms with Crippen molar-refractivity contribution in [3.05, 3.63) is 81.3 Å². The Kier molecular flexibility index (Phi) is 7.26. The molecular weight excluding hydrogens is 550 g/mol. The number of anilines is 1. The number of hydrogen-bond acceptors (Lipinski definition) is 5. The Morgan fingerprint density at radius 3 is 2.26 bits per heavy atom. The minimum atomic E-state index is -5.11. The molecule has 4 rings (SSSR count). The fraction of sp³-hybridized carbons (Fsp3) is 0.231. The van der Waals surface area contributed by atoms with Gasteiger partial charge in [0, 0.05) is 24.1 Å². The molecule has 0 bridgehead atoms. The Labute approximate surface area is 224 Å². The van der Waals surface area contributed by atoms with E-state index < -0.39 is 29.2 Å². The first-order valence-corrected chi connectivity index (χ1v) is 11.8. The molecule has 0 aromatic heterocycles. The highest BCUT2D eigenvalue weighted by molar-refractivity contribution is 6.33. The fourth-order valence-electron chi connectivity index (χ4n) is 4.19. The third kappa shape index (κ3) is 4.87. The summed E-state index contributed by atoms with van der Waals surface area (Å²) in [6, 6.07) is 11.3. The lowest BCUT2D eigenvalue weighted by atomic mass is 9.77. The van der Waals surface area contributed by atoms with Gasteiger partial charge in [-0.3, -0.25) is 4.79 Å². The Balaban J connectivity index is 1.67. The molecule has 0 spiro atoms. The number of aliphatic hydroxyl groups is 1. The summed E-state index contributed by atoms with van der Waals surface area (Å²) in [7, 11) is 1.47. The number of carboxylic acid groups (broad SMARTS) is 1. The van der Waals surface area contributed by atoms with Gasteiger partial charge in [0.2, 0.25) is 0 Å². The molecule has 1 aliphatic rings. The number of halogens is 5. The molecule has 0 saturated carbocycles. The summed E-state index contributed by atoms with van der Waals surface area (Å²) in [5.41, 5.74) is -3.71. The van der Waals surface area contributed by atoms with E-state index in [4.69, 9.17) is 37.8 Å². The number of carbonyl (C=O) groups is 2. The molecule has 7 nitrogen and oxygen atoms in total. The van der Waals surface area contributed by atoms with Crippen molar-refractivity contribution in [2.45, 2.75) is 24.6 Å². The largest absolute Gasteiger partial charge is 0.482 e. The zero-order chi connectivity index (χ0) is 28.0. The predicted molar refractivity (Wildman–Crippen MR) is 134 cm³/mol. The van der Waals surface area contributed by atoms with E-state index in [1.54, 1.807) is 0 Å². The number of carbonyl (C=O) groups excluding carboxylic acids is 1. The van der Waals surface area contributed by atoms with Crippen LogP contribution < -0.4 is 14.4 Å². The molecule has 0 unspecified atom stereocenters. The van der Waals surface area contributed by atoms with E-state index in [9.17, 15) is 27.9 Å². The second-order valence-electron chi connectivity index (χ2n) is 8.64. The maximum absolute atomic E-state index is 14.4. The summed E-state index contributed by atoms with van der Waals surface area (Å²) >= 11 is 12.3. The van der Waals surface area contributed by atoms with E-state index in [1.165, 1.54) is 61.3 Å². The van der Waals surface area contributed by atoms with Crippen LogP contribution in [0.1, 0.15) is 34.3 Å². The van der Waals surface area contributed by atoms with Gasteiger partial charge in [-0.25, -0.2) is 4.79 Å². The lowest BCUT2D eigenvalue weighted by Gasteiger charge is -2.38. The summed E-state index contributed by atoms with van der Waals surface area (Å²) in [5, 5.41) is 20.1. The van der Waals surface area contributed by atoms with Crippen molar-refractivity contribution in [3.63, 3.8) is 0 Å². The Morgan fingerprint density at radius 2 is 1.68 bits per heavy atom. The molecule has 1 amide bonds. The van der Waals surface area contributed by atoms with Crippen LogP contribution in [0.5, 0.6) is 17.2 Å². The molecule has 1 aliphatic heterocycles. The number of benzene rings is 3. The van der Waals surface area contributed by atoms with Crippen molar-refractivity contribution in [1.82, 2.24) is 0 Å². The van der Waals surface area contributed by atoms with Gasteiger partial charge in [-0.2, -0.15) is 13.2 Å². The van der Waals surface area contributed by atoms with Crippen LogP contribution in [0.25, 0.3) is 0 Å². The third-order valence-electron chi connectivity index (χ3n) is 6.39. The van der Waals surface area contributed by atoms with Crippen molar-refractivity contribution in [3.8, 4) is 17.2 Å². The number of likely N-dealkylation sites (N-methyl/N-ethyl adjacent to an activating group) is 1. The number of ether oxygens (including phenoxy) is 2. The van der Waals surface area contributed by atoms with Crippen LogP contribution in [-0.2, 0) is 10.4 Å². The van der Waals surface area contributed by atoms with Gasteiger partial charge in [-0.1, -0.05) is 42.3 Å². The summed E-state index contributed by atoms with van der Waals surface area (Å²) in [6.07, 6.45) is -5.11. The van der Waals surface area contributed by atoms with Gasteiger partial charge in [0.15, 0.2) is 12.2 Å². The minimum Gasteiger partial charge on any atom is -0.482 e. The average molecular weight is 570 g/mol. The van der Waals surface area contributed by atoms with Gasteiger partial charge in [0.25, 0.3) is 5.91 Å². The number of amides is 1. The van der Waals surface area contributed by atoms with E-state index in [0.717, 1.165) is 12.1 Å². The lowest BCUT2D eigenvalue weighted by Crippen LogP contribution is -2.46. The topological polar surface area (TPSA) is 96.3 Å². The smallest absolute Gasteiger partial charge is 0.422 e. The van der Waals surface area contributed by atoms with Crippen LogP contribution >= 0.6 is 23.2 Å². The Morgan fingerprint density at radius 1 is 1.05 bits per heavy atom. The van der Waals surface area contributed by atoms with Gasteiger partial charge >= 0.3 is 12.1 Å². The van der Waals surface area contributed by atoms with Crippen LogP contribution in [0.15, 0.2) is 54.6 Å². The first-order chi connectivity index (χ1) is 17.7. The molecule has 1 heterocycles. The van der Waals surface area contributed by atoms with Crippen LogP contribution in [0.2, 0.25) is 10.0 Å². The molecule has 2 atom stereocenters. The van der Waals surface area contributed by atoms with E-state index in [2.05, 4.69) is 0 Å². The molecule has 0 saturated heterocycles. The highest BCUT2D eigenvalue weighted by Crippen LogP contribution is 2.51. The molecule has 12 heteroatoms. The number of carboxylic acids is 1. The normalized spacial score (nSPS) is 15.8. The van der Waals surface area contributed by atoms with Crippen molar-refractivity contribution in [2.75, 3.05) is 18.6 Å². The standard InChI is InChI=1S/C26H20Cl2F3NO6/c1-13(17-6-4-15(10-19(17)27)38-16-5-7-18(24(34)35)20(28)11-16)25(36,26(29,30)31)14-3-8-21-22(9-14)37-12-23(33)32(21)2/h3-11,13,36H,12H2,1-2H3,(H,34,35)/t13-,25-/m1/s1. The van der Waals surface area contributed by atoms with Gasteiger partial charge in [-0.05, 0) is 47.5 Å². The number of nitrogens with zero attached hydrogens (tertiary/aromatic N) is 1. The van der Waals surface area contributed by atoms with E-state index >= 15 is 0 Å². The summed E-state index contributed by atoms with van der Waals surface area (Å²) < 4.78 is 54.3. The second-order valence-corrected chi connectivity index (χ2v) is 9.46. The zero-order valence-corrected chi connectivity index (χ0v) is 21.4. The number of alkyl halides is 3. The van der Waals surface area contributed by atoms with Crippen LogP contribution in [-0.4, -0.2) is 41.9 Å². The highest BCUT2D eigenvalue weighted by atomic mass is 35.5. The molecule has 3 aromatic carbocycles. The van der Waals surface area contributed by atoms with Crippen molar-refractivity contribution in [1.29, 1.82) is 0 Å². The van der Waals surface area contributed by atoms with Gasteiger partial charge < -0.3 is 24.6 Å². The summed E-state index contributed by atoms with van der Waals surface area (Å²) in [4.78, 5) is 24.2. The third-order valence-corrected chi connectivity index (χ3v) is 7.03. The quantitative estimate of drug-likeness (QED) is 0.357. The van der Waals surface area contributed by atoms with Crippen molar-refractivity contribution in [2.24, 2.45) is 0 Å². The van der Waals surface area contributed by atoms with Crippen LogP contribution in [0.3, 0.4) is 0 Å². The molecule has 2 N–H and O–H groups in total. The molecule has 38 heavy (non-hydrogen) atoms. The van der Waals surface area contributed by atoms with Gasteiger partial charge in [-0.15, -0.1) is 0 Å². The van der Waals surface area contributed by atoms with Crippen molar-refractivity contribution >= 4 is 40.8 Å². The lowest BCUT2D eigenvalue weighted by molar-refractivity contribution is -0.274. The maximum atomic E-state index is 14.4. The van der Waals surface area contributed by atoms with Gasteiger partial charge in [0.05, 0.1) is 16.3 Å². The maximum Gasteiger partial charge on any atom is 0.422 e. The van der Waals surface area contributed by atoms with E-state index in [1.807, 2.05) is 0 Å². The van der Waals surface area contributed by atoms with E-state index in [0.29, 0.717) is 0 Å². The summed E-state index contributed by atoms with van der Waals surface area (Å²) in [5.74, 6) is -2.79. The van der Waals surface area contributed by atoms with Crippen LogP contribution in [0.4, 0.5) is 18.9 Å². The van der Waals surface area contributed by atoms with Gasteiger partial charge in [0.1, 0.15) is 17.2 Å². The number of fused-ring (bicyclic) bond motifs is 1. The minimum absolute atomic E-state index is 0.0102. The molecule has 3 aromatic rings. The zero-order valence-electron chi connectivity index (χ0n) is 19.8. The van der Waals surface area contributed by atoms with Crippen molar-refractivity contribution < 1.29 is 42.4 Å². The SMILES string of the molecule is C[C@H](c1ccc(Oc2ccc(C(=O)O)c(Cl)c2)cc1Cl)[C@@](O)(c1ccc2c(c1)OCC(=O)N2C)C(F)(F)F.